The van der Waals surface area contributed by atoms with Crippen molar-refractivity contribution in [3.8, 4) is 22.9 Å². The summed E-state index contributed by atoms with van der Waals surface area (Å²) in [6, 6.07) is 11.5. The van der Waals surface area contributed by atoms with Crippen LogP contribution in [-0.4, -0.2) is 35.8 Å². The molecule has 0 bridgehead atoms. The van der Waals surface area contributed by atoms with Crippen LogP contribution in [0.1, 0.15) is 11.1 Å². The fourth-order valence-corrected chi connectivity index (χ4v) is 4.34. The molecule has 0 spiro atoms. The fraction of sp³-hybridized carbons (Fsp3) is 0.105. The first-order valence-electron chi connectivity index (χ1n) is 8.65. The molecule has 2 heterocycles. The van der Waals surface area contributed by atoms with E-state index < -0.39 is 39.9 Å². The third-order valence-electron chi connectivity index (χ3n) is 4.51. The van der Waals surface area contributed by atoms with Gasteiger partial charge in [0.15, 0.2) is 5.82 Å². The highest BCUT2D eigenvalue weighted by Gasteiger charge is 2.38. The third kappa shape index (κ3) is 3.44. The van der Waals surface area contributed by atoms with Crippen molar-refractivity contribution in [1.82, 2.24) is 14.5 Å². The predicted molar refractivity (Wildman–Crippen MR) is 104 cm³/mol. The number of carbonyl (C=O) groups is 1. The van der Waals surface area contributed by atoms with Crippen LogP contribution < -0.4 is 9.03 Å². The van der Waals surface area contributed by atoms with Gasteiger partial charge in [0.25, 0.3) is 5.91 Å². The first-order chi connectivity index (χ1) is 14.3. The van der Waals surface area contributed by atoms with Crippen molar-refractivity contribution >= 4 is 21.8 Å². The Morgan fingerprint density at radius 1 is 1.30 bits per heavy atom. The Balaban J connectivity index is 1.69. The van der Waals surface area contributed by atoms with Gasteiger partial charge in [-0.05, 0) is 29.8 Å². The Morgan fingerprint density at radius 3 is 2.80 bits per heavy atom. The summed E-state index contributed by atoms with van der Waals surface area (Å²) in [6.07, 6.45) is 2.95. The normalized spacial score (nSPS) is 15.1. The number of nitriles is 1. The van der Waals surface area contributed by atoms with Crippen molar-refractivity contribution in [3.63, 3.8) is 0 Å². The molecule has 1 fully saturated rings. The molecule has 1 aromatic heterocycles. The molecule has 0 atom stereocenters. The lowest BCUT2D eigenvalue weighted by Crippen LogP contribution is -2.30. The first-order valence-corrected chi connectivity index (χ1v) is 10.1. The smallest absolute Gasteiger partial charge is 0.326 e. The molecule has 9 nitrogen and oxygen atoms in total. The van der Waals surface area contributed by atoms with Crippen molar-refractivity contribution < 1.29 is 22.7 Å². The summed E-state index contributed by atoms with van der Waals surface area (Å²) in [7, 11) is -4.29. The number of nitrogens with one attached hydrogen (secondary N) is 1. The molecule has 152 valence electrons. The summed E-state index contributed by atoms with van der Waals surface area (Å²) in [4.78, 5) is 11.5. The van der Waals surface area contributed by atoms with Gasteiger partial charge in [-0.1, -0.05) is 12.1 Å². The van der Waals surface area contributed by atoms with E-state index in [4.69, 9.17) is 5.26 Å². The standard InChI is InChI=1S/C19H14FN5O4S/c20-18-15(4-5-16(26)19(18)25-11-17(27)23-30(25,28)29)14-8-22-24(10-14)9-13-3-1-2-12(6-13)7-21/h1-6,8,10,26H,9,11H2,(H,23,27). The highest BCUT2D eigenvalue weighted by Crippen LogP contribution is 2.38. The van der Waals surface area contributed by atoms with Gasteiger partial charge in [-0.3, -0.25) is 9.48 Å². The van der Waals surface area contributed by atoms with Crippen LogP contribution >= 0.6 is 0 Å². The van der Waals surface area contributed by atoms with Gasteiger partial charge in [0, 0.05) is 17.3 Å². The summed E-state index contributed by atoms with van der Waals surface area (Å²) >= 11 is 0. The SMILES string of the molecule is N#Cc1cccc(Cn2cc(-c3ccc(O)c(N4CC(=O)NS4(=O)=O)c3F)cn2)c1. The van der Waals surface area contributed by atoms with Crippen molar-refractivity contribution in [1.29, 1.82) is 5.26 Å². The zero-order valence-electron chi connectivity index (χ0n) is 15.3. The Morgan fingerprint density at radius 2 is 2.10 bits per heavy atom. The molecule has 30 heavy (non-hydrogen) atoms. The maximum Gasteiger partial charge on any atom is 0.326 e. The first kappa shape index (κ1) is 19.4. The number of phenolic OH excluding ortho intramolecular Hbond substituents is 1. The average Bonchev–Trinajstić information content (AvgIpc) is 3.25. The minimum absolute atomic E-state index is 0.00868. The maximum absolute atomic E-state index is 15.2. The Kier molecular flexibility index (Phi) is 4.63. The van der Waals surface area contributed by atoms with Crippen LogP contribution in [0, 0.1) is 17.1 Å². The number of aromatic hydroxyl groups is 1. The zero-order valence-corrected chi connectivity index (χ0v) is 16.1. The van der Waals surface area contributed by atoms with E-state index in [1.54, 1.807) is 29.1 Å². The van der Waals surface area contributed by atoms with Gasteiger partial charge in [-0.25, -0.2) is 13.4 Å². The molecule has 11 heteroatoms. The molecule has 0 aliphatic carbocycles. The highest BCUT2D eigenvalue weighted by molar-refractivity contribution is 7.92. The van der Waals surface area contributed by atoms with Crippen molar-refractivity contribution in [2.24, 2.45) is 0 Å². The number of hydrogen-bond acceptors (Lipinski definition) is 6. The number of anilines is 1. The van der Waals surface area contributed by atoms with Crippen LogP contribution in [0.15, 0.2) is 48.8 Å². The van der Waals surface area contributed by atoms with E-state index in [1.165, 1.54) is 16.9 Å². The Labute approximate surface area is 170 Å². The van der Waals surface area contributed by atoms with Gasteiger partial charge in [-0.2, -0.15) is 18.8 Å². The average molecular weight is 427 g/mol. The molecule has 4 rings (SSSR count). The van der Waals surface area contributed by atoms with Crippen LogP contribution in [0.2, 0.25) is 0 Å². The quantitative estimate of drug-likeness (QED) is 0.649. The largest absolute Gasteiger partial charge is 0.506 e. The van der Waals surface area contributed by atoms with Gasteiger partial charge < -0.3 is 5.11 Å². The molecular weight excluding hydrogens is 413 g/mol. The van der Waals surface area contributed by atoms with Gasteiger partial charge in [-0.15, -0.1) is 0 Å². The van der Waals surface area contributed by atoms with Crippen LogP contribution in [0.25, 0.3) is 11.1 Å². The number of phenols is 1. The lowest BCUT2D eigenvalue weighted by Gasteiger charge is -2.18. The zero-order chi connectivity index (χ0) is 21.5. The minimum atomic E-state index is -4.29. The molecule has 1 aliphatic heterocycles. The summed E-state index contributed by atoms with van der Waals surface area (Å²) in [6.45, 7) is -0.300. The van der Waals surface area contributed by atoms with E-state index in [0.29, 0.717) is 22.0 Å². The molecule has 2 aromatic carbocycles. The van der Waals surface area contributed by atoms with Crippen LogP contribution in [-0.2, 0) is 21.5 Å². The number of aromatic nitrogens is 2. The number of rotatable bonds is 4. The summed E-state index contributed by atoms with van der Waals surface area (Å²) < 4.78 is 43.1. The number of nitrogens with zero attached hydrogens (tertiary/aromatic N) is 4. The molecule has 0 unspecified atom stereocenters. The number of carbonyl (C=O) groups excluding carboxylic acids is 1. The molecule has 0 radical (unpaired) electrons. The second-order valence-corrected chi connectivity index (χ2v) is 8.17. The van der Waals surface area contributed by atoms with E-state index in [-0.39, 0.29) is 5.56 Å². The van der Waals surface area contributed by atoms with E-state index >= 15 is 4.39 Å². The Bertz CT molecular complexity index is 1310. The topological polar surface area (TPSA) is 128 Å². The Hall–Kier alpha value is -3.91. The molecule has 0 saturated carbocycles. The van der Waals surface area contributed by atoms with Crippen LogP contribution in [0.3, 0.4) is 0 Å². The maximum atomic E-state index is 15.2. The number of hydrogen-bond donors (Lipinski definition) is 2. The van der Waals surface area contributed by atoms with E-state index in [0.717, 1.165) is 11.6 Å². The number of amides is 1. The van der Waals surface area contributed by atoms with E-state index in [2.05, 4.69) is 11.2 Å². The number of halogens is 1. The fourth-order valence-electron chi connectivity index (χ4n) is 3.18. The second kappa shape index (κ2) is 7.16. The van der Waals surface area contributed by atoms with Gasteiger partial charge in [0.1, 0.15) is 18.0 Å². The molecule has 3 aromatic rings. The second-order valence-electron chi connectivity index (χ2n) is 6.57. The van der Waals surface area contributed by atoms with Gasteiger partial charge in [0.05, 0.1) is 24.4 Å². The third-order valence-corrected chi connectivity index (χ3v) is 5.89. The highest BCUT2D eigenvalue weighted by atomic mass is 32.2. The minimum Gasteiger partial charge on any atom is -0.506 e. The van der Waals surface area contributed by atoms with E-state index in [1.807, 2.05) is 6.07 Å². The van der Waals surface area contributed by atoms with Crippen molar-refractivity contribution in [2.75, 3.05) is 10.8 Å². The molecule has 1 aliphatic rings. The summed E-state index contributed by atoms with van der Waals surface area (Å²) in [5.41, 5.74) is 1.07. The summed E-state index contributed by atoms with van der Waals surface area (Å²) in [5.74, 6) is -2.44. The molecule has 2 N–H and O–H groups in total. The lowest BCUT2D eigenvalue weighted by molar-refractivity contribution is -0.117. The number of benzene rings is 2. The molecule has 1 amide bonds. The van der Waals surface area contributed by atoms with Crippen LogP contribution in [0.5, 0.6) is 5.75 Å². The summed E-state index contributed by atoms with van der Waals surface area (Å²) in [5, 5.41) is 23.2. The van der Waals surface area contributed by atoms with Crippen LogP contribution in [0.4, 0.5) is 10.1 Å². The predicted octanol–water partition coefficient (Wildman–Crippen LogP) is 1.50. The van der Waals surface area contributed by atoms with E-state index in [9.17, 15) is 18.3 Å². The lowest BCUT2D eigenvalue weighted by atomic mass is 10.1. The molecule has 1 saturated heterocycles. The molecular formula is C19H14FN5O4S. The van der Waals surface area contributed by atoms with Crippen molar-refractivity contribution in [2.45, 2.75) is 6.54 Å². The monoisotopic (exact) mass is 427 g/mol. The van der Waals surface area contributed by atoms with Gasteiger partial charge in [0.2, 0.25) is 0 Å². The van der Waals surface area contributed by atoms with Gasteiger partial charge >= 0.3 is 10.2 Å². The van der Waals surface area contributed by atoms with Crippen molar-refractivity contribution in [3.05, 3.63) is 65.7 Å².